The van der Waals surface area contributed by atoms with Gasteiger partial charge in [-0.25, -0.2) is 0 Å². The van der Waals surface area contributed by atoms with Crippen LogP contribution >= 0.6 is 11.6 Å². The third-order valence-corrected chi connectivity index (χ3v) is 3.58. The number of anilines is 1. The second-order valence-electron chi connectivity index (χ2n) is 4.82. The molecule has 0 spiro atoms. The highest BCUT2D eigenvalue weighted by molar-refractivity contribution is 6.21. The first-order valence-corrected chi connectivity index (χ1v) is 7.12. The molecule has 0 radical (unpaired) electrons. The van der Waals surface area contributed by atoms with E-state index in [1.54, 1.807) is 0 Å². The molecule has 0 fully saturated rings. The second kappa shape index (κ2) is 6.58. The van der Waals surface area contributed by atoms with Gasteiger partial charge in [-0.15, -0.1) is 11.6 Å². The highest BCUT2D eigenvalue weighted by Crippen LogP contribution is 2.28. The van der Waals surface area contributed by atoms with Crippen LogP contribution in [0.25, 0.3) is 0 Å². The average molecular weight is 288 g/mol. The van der Waals surface area contributed by atoms with E-state index in [9.17, 15) is 4.79 Å². The number of alkyl halides is 1. The van der Waals surface area contributed by atoms with Crippen LogP contribution in [-0.4, -0.2) is 5.91 Å². The zero-order valence-corrected chi connectivity index (χ0v) is 12.4. The SMILES string of the molecule is CC(Cl)c1ccccc1NC(=O)C(C)c1ccccc1. The van der Waals surface area contributed by atoms with Crippen LogP contribution in [0.3, 0.4) is 0 Å². The van der Waals surface area contributed by atoms with Crippen LogP contribution in [0.15, 0.2) is 54.6 Å². The fraction of sp³-hybridized carbons (Fsp3) is 0.235. The van der Waals surface area contributed by atoms with Crippen LogP contribution in [0.1, 0.15) is 36.3 Å². The Morgan fingerprint density at radius 3 is 2.25 bits per heavy atom. The van der Waals surface area contributed by atoms with E-state index in [1.807, 2.05) is 68.4 Å². The monoisotopic (exact) mass is 287 g/mol. The number of para-hydroxylation sites is 1. The largest absolute Gasteiger partial charge is 0.325 e. The molecule has 0 heterocycles. The third-order valence-electron chi connectivity index (χ3n) is 3.34. The predicted octanol–water partition coefficient (Wildman–Crippen LogP) is 4.73. The van der Waals surface area contributed by atoms with Crippen molar-refractivity contribution in [3.8, 4) is 0 Å². The third kappa shape index (κ3) is 3.40. The zero-order valence-electron chi connectivity index (χ0n) is 11.6. The van der Waals surface area contributed by atoms with Crippen molar-refractivity contribution >= 4 is 23.2 Å². The van der Waals surface area contributed by atoms with Gasteiger partial charge in [0.1, 0.15) is 0 Å². The van der Waals surface area contributed by atoms with Gasteiger partial charge in [0.05, 0.1) is 11.3 Å². The minimum atomic E-state index is -0.199. The summed E-state index contributed by atoms with van der Waals surface area (Å²) in [4.78, 5) is 12.3. The maximum atomic E-state index is 12.3. The number of amides is 1. The molecule has 0 bridgehead atoms. The van der Waals surface area contributed by atoms with Crippen molar-refractivity contribution in [2.75, 3.05) is 5.32 Å². The Bertz CT molecular complexity index is 581. The van der Waals surface area contributed by atoms with Gasteiger partial charge in [-0.3, -0.25) is 4.79 Å². The van der Waals surface area contributed by atoms with Crippen LogP contribution in [0.5, 0.6) is 0 Å². The minimum absolute atomic E-state index is 0.0269. The van der Waals surface area contributed by atoms with Crippen molar-refractivity contribution in [3.63, 3.8) is 0 Å². The molecule has 0 aliphatic rings. The van der Waals surface area contributed by atoms with Crippen molar-refractivity contribution in [3.05, 3.63) is 65.7 Å². The van der Waals surface area contributed by atoms with E-state index < -0.39 is 0 Å². The van der Waals surface area contributed by atoms with Gasteiger partial charge in [-0.05, 0) is 31.0 Å². The molecule has 0 aromatic heterocycles. The molecule has 2 rings (SSSR count). The molecular weight excluding hydrogens is 270 g/mol. The molecule has 20 heavy (non-hydrogen) atoms. The van der Waals surface area contributed by atoms with Crippen molar-refractivity contribution in [1.29, 1.82) is 0 Å². The van der Waals surface area contributed by atoms with Crippen LogP contribution < -0.4 is 5.32 Å². The summed E-state index contributed by atoms with van der Waals surface area (Å²) in [6, 6.07) is 17.4. The molecule has 2 atom stereocenters. The van der Waals surface area contributed by atoms with Crippen molar-refractivity contribution in [1.82, 2.24) is 0 Å². The van der Waals surface area contributed by atoms with Crippen molar-refractivity contribution < 1.29 is 4.79 Å². The summed E-state index contributed by atoms with van der Waals surface area (Å²) in [5.74, 6) is -0.226. The Morgan fingerprint density at radius 2 is 1.60 bits per heavy atom. The minimum Gasteiger partial charge on any atom is -0.325 e. The molecule has 0 aliphatic carbocycles. The maximum Gasteiger partial charge on any atom is 0.231 e. The summed E-state index contributed by atoms with van der Waals surface area (Å²) in [6.07, 6.45) is 0. The first kappa shape index (κ1) is 14.6. The number of benzene rings is 2. The first-order chi connectivity index (χ1) is 9.59. The van der Waals surface area contributed by atoms with E-state index in [0.717, 1.165) is 16.8 Å². The summed E-state index contributed by atoms with van der Waals surface area (Å²) < 4.78 is 0. The molecule has 2 unspecified atom stereocenters. The topological polar surface area (TPSA) is 29.1 Å². The second-order valence-corrected chi connectivity index (χ2v) is 5.48. The van der Waals surface area contributed by atoms with E-state index in [2.05, 4.69) is 5.32 Å². The molecule has 3 heteroatoms. The maximum absolute atomic E-state index is 12.3. The Hall–Kier alpha value is -1.80. The molecule has 0 aliphatic heterocycles. The molecule has 0 saturated heterocycles. The predicted molar refractivity (Wildman–Crippen MR) is 84.2 cm³/mol. The van der Waals surface area contributed by atoms with E-state index in [4.69, 9.17) is 11.6 Å². The number of hydrogen-bond acceptors (Lipinski definition) is 1. The lowest BCUT2D eigenvalue weighted by Crippen LogP contribution is -2.19. The fourth-order valence-corrected chi connectivity index (χ4v) is 2.28. The lowest BCUT2D eigenvalue weighted by Gasteiger charge is -2.16. The highest BCUT2D eigenvalue weighted by atomic mass is 35.5. The molecule has 104 valence electrons. The number of carbonyl (C=O) groups excluding carboxylic acids is 1. The summed E-state index contributed by atoms with van der Waals surface area (Å²) >= 11 is 6.14. The summed E-state index contributed by atoms with van der Waals surface area (Å²) in [5.41, 5.74) is 2.71. The molecule has 2 aromatic carbocycles. The van der Waals surface area contributed by atoms with Gasteiger partial charge in [0, 0.05) is 5.69 Å². The van der Waals surface area contributed by atoms with Gasteiger partial charge >= 0.3 is 0 Å². The molecular formula is C17H18ClNO. The Morgan fingerprint density at radius 1 is 1.00 bits per heavy atom. The Kier molecular flexibility index (Phi) is 4.80. The zero-order chi connectivity index (χ0) is 14.5. The van der Waals surface area contributed by atoms with Crippen molar-refractivity contribution in [2.24, 2.45) is 0 Å². The van der Waals surface area contributed by atoms with Gasteiger partial charge in [-0.1, -0.05) is 48.5 Å². The quantitative estimate of drug-likeness (QED) is 0.809. The normalized spacial score (nSPS) is 13.6. The van der Waals surface area contributed by atoms with Crippen LogP contribution in [-0.2, 0) is 4.79 Å². The Labute approximate surface area is 124 Å². The number of rotatable bonds is 4. The fourth-order valence-electron chi connectivity index (χ4n) is 2.09. The van der Waals surface area contributed by atoms with Gasteiger partial charge in [0.2, 0.25) is 5.91 Å². The van der Waals surface area contributed by atoms with Crippen LogP contribution in [0.2, 0.25) is 0 Å². The van der Waals surface area contributed by atoms with E-state index in [0.29, 0.717) is 0 Å². The molecule has 2 nitrogen and oxygen atoms in total. The van der Waals surface area contributed by atoms with Gasteiger partial charge in [0.15, 0.2) is 0 Å². The average Bonchev–Trinajstić information content (AvgIpc) is 2.47. The molecule has 1 N–H and O–H groups in total. The highest BCUT2D eigenvalue weighted by Gasteiger charge is 2.17. The summed E-state index contributed by atoms with van der Waals surface area (Å²) in [7, 11) is 0. The van der Waals surface area contributed by atoms with Gasteiger partial charge < -0.3 is 5.32 Å². The van der Waals surface area contributed by atoms with Gasteiger partial charge in [-0.2, -0.15) is 0 Å². The number of hydrogen-bond donors (Lipinski definition) is 1. The lowest BCUT2D eigenvalue weighted by atomic mass is 10.00. The number of carbonyl (C=O) groups is 1. The summed E-state index contributed by atoms with van der Waals surface area (Å²) in [5, 5.41) is 2.83. The van der Waals surface area contributed by atoms with Crippen LogP contribution in [0.4, 0.5) is 5.69 Å². The van der Waals surface area contributed by atoms with Crippen molar-refractivity contribution in [2.45, 2.75) is 25.1 Å². The number of nitrogens with one attached hydrogen (secondary N) is 1. The molecule has 2 aromatic rings. The molecule has 1 amide bonds. The van der Waals surface area contributed by atoms with E-state index in [1.165, 1.54) is 0 Å². The molecule has 0 saturated carbocycles. The van der Waals surface area contributed by atoms with Crippen LogP contribution in [0, 0.1) is 0 Å². The number of halogens is 1. The van der Waals surface area contributed by atoms with E-state index >= 15 is 0 Å². The van der Waals surface area contributed by atoms with E-state index in [-0.39, 0.29) is 17.2 Å². The lowest BCUT2D eigenvalue weighted by molar-refractivity contribution is -0.117. The smallest absolute Gasteiger partial charge is 0.231 e. The van der Waals surface area contributed by atoms with Gasteiger partial charge in [0.25, 0.3) is 0 Å². The Balaban J connectivity index is 2.16. The standard InChI is InChI=1S/C17H18ClNO/c1-12(14-8-4-3-5-9-14)17(20)19-16-11-7-6-10-15(16)13(2)18/h3-13H,1-2H3,(H,19,20). The first-order valence-electron chi connectivity index (χ1n) is 6.68. The summed E-state index contributed by atoms with van der Waals surface area (Å²) in [6.45, 7) is 3.80.